The van der Waals surface area contributed by atoms with Gasteiger partial charge < -0.3 is 9.64 Å². The highest BCUT2D eigenvalue weighted by Gasteiger charge is 2.19. The first-order chi connectivity index (χ1) is 15.9. The fraction of sp³-hybridized carbons (Fsp3) is 0.240. The van der Waals surface area contributed by atoms with Gasteiger partial charge in [0, 0.05) is 41.9 Å². The number of aromatic amines is 1. The largest absolute Gasteiger partial charge is 0.493 e. The third kappa shape index (κ3) is 4.55. The molecule has 33 heavy (non-hydrogen) atoms. The first-order valence-electron chi connectivity index (χ1n) is 10.6. The molecule has 2 heterocycles. The van der Waals surface area contributed by atoms with Crippen LogP contribution < -0.4 is 4.74 Å². The quantitative estimate of drug-likeness (QED) is 0.406. The van der Waals surface area contributed by atoms with E-state index < -0.39 is 6.17 Å². The summed E-state index contributed by atoms with van der Waals surface area (Å²) in [5.74, 6) is -0.0691. The highest BCUT2D eigenvalue weighted by Crippen LogP contribution is 2.32. The van der Waals surface area contributed by atoms with E-state index in [1.54, 1.807) is 54.7 Å². The van der Waals surface area contributed by atoms with Crippen molar-refractivity contribution in [3.63, 3.8) is 0 Å². The van der Waals surface area contributed by atoms with Gasteiger partial charge in [-0.25, -0.2) is 8.78 Å². The Morgan fingerprint density at radius 3 is 2.76 bits per heavy atom. The molecule has 2 aromatic heterocycles. The number of benzene rings is 2. The highest BCUT2D eigenvalue weighted by atomic mass is 19.1. The van der Waals surface area contributed by atoms with Crippen molar-refractivity contribution in [1.29, 1.82) is 0 Å². The number of alkyl halides is 1. The van der Waals surface area contributed by atoms with Crippen molar-refractivity contribution < 1.29 is 18.3 Å². The molecular formula is C25H24F2N4O2. The maximum Gasteiger partial charge on any atom is 0.254 e. The van der Waals surface area contributed by atoms with Crippen LogP contribution in [0, 0.1) is 5.82 Å². The van der Waals surface area contributed by atoms with Gasteiger partial charge in [-0.15, -0.1) is 0 Å². The lowest BCUT2D eigenvalue weighted by atomic mass is 10.0. The SMILES string of the molecule is CCOc1cc(C(=O)N(C)Cc2cnc(C(C)F)c3cn[nH]c23)ccc1-c1cccc(F)c1. The molecular weight excluding hydrogens is 426 g/mol. The fourth-order valence-electron chi connectivity index (χ4n) is 3.82. The number of nitrogens with one attached hydrogen (secondary N) is 1. The average Bonchev–Trinajstić information content (AvgIpc) is 3.29. The molecule has 0 aliphatic carbocycles. The van der Waals surface area contributed by atoms with Gasteiger partial charge in [-0.3, -0.25) is 14.9 Å². The summed E-state index contributed by atoms with van der Waals surface area (Å²) in [7, 11) is 1.68. The second kappa shape index (κ2) is 9.36. The summed E-state index contributed by atoms with van der Waals surface area (Å²) in [6.07, 6.45) is 1.87. The van der Waals surface area contributed by atoms with Crippen LogP contribution in [0.3, 0.4) is 0 Å². The molecule has 1 atom stereocenters. The molecule has 1 N–H and O–H groups in total. The summed E-state index contributed by atoms with van der Waals surface area (Å²) in [6, 6.07) is 11.3. The van der Waals surface area contributed by atoms with E-state index in [4.69, 9.17) is 4.74 Å². The van der Waals surface area contributed by atoms with E-state index in [1.165, 1.54) is 19.1 Å². The molecule has 0 spiro atoms. The fourth-order valence-corrected chi connectivity index (χ4v) is 3.82. The van der Waals surface area contributed by atoms with Gasteiger partial charge >= 0.3 is 0 Å². The predicted molar refractivity (Wildman–Crippen MR) is 122 cm³/mol. The number of nitrogens with zero attached hydrogens (tertiary/aromatic N) is 3. The lowest BCUT2D eigenvalue weighted by molar-refractivity contribution is 0.0785. The van der Waals surface area contributed by atoms with Crippen molar-refractivity contribution in [3.8, 4) is 16.9 Å². The Labute approximate surface area is 190 Å². The molecule has 0 fully saturated rings. The van der Waals surface area contributed by atoms with Gasteiger partial charge in [0.15, 0.2) is 0 Å². The van der Waals surface area contributed by atoms with E-state index in [2.05, 4.69) is 15.2 Å². The van der Waals surface area contributed by atoms with Crippen molar-refractivity contribution in [2.24, 2.45) is 0 Å². The molecule has 4 rings (SSSR count). The molecule has 0 saturated heterocycles. The Morgan fingerprint density at radius 1 is 1.21 bits per heavy atom. The van der Waals surface area contributed by atoms with E-state index in [0.29, 0.717) is 45.6 Å². The molecule has 8 heteroatoms. The van der Waals surface area contributed by atoms with Crippen LogP contribution in [0.4, 0.5) is 8.78 Å². The number of rotatable bonds is 7. The Kier molecular flexibility index (Phi) is 6.35. The van der Waals surface area contributed by atoms with Crippen LogP contribution >= 0.6 is 0 Å². The van der Waals surface area contributed by atoms with Crippen LogP contribution in [-0.2, 0) is 6.54 Å². The highest BCUT2D eigenvalue weighted by molar-refractivity contribution is 5.96. The number of halogens is 2. The molecule has 0 bridgehead atoms. The van der Waals surface area contributed by atoms with Crippen molar-refractivity contribution in [2.45, 2.75) is 26.6 Å². The van der Waals surface area contributed by atoms with Gasteiger partial charge in [-0.1, -0.05) is 12.1 Å². The number of carbonyl (C=O) groups excluding carboxylic acids is 1. The summed E-state index contributed by atoms with van der Waals surface area (Å²) in [6.45, 7) is 3.92. The zero-order chi connectivity index (χ0) is 23.5. The van der Waals surface area contributed by atoms with Crippen LogP contribution in [0.25, 0.3) is 22.0 Å². The minimum absolute atomic E-state index is 0.225. The number of carbonyl (C=O) groups is 1. The molecule has 4 aromatic rings. The van der Waals surface area contributed by atoms with Crippen LogP contribution in [0.5, 0.6) is 5.75 Å². The molecule has 1 unspecified atom stereocenters. The number of pyridine rings is 1. The van der Waals surface area contributed by atoms with Crippen molar-refractivity contribution >= 4 is 16.8 Å². The molecule has 0 aliphatic rings. The zero-order valence-electron chi connectivity index (χ0n) is 18.6. The van der Waals surface area contributed by atoms with Gasteiger partial charge in [0.25, 0.3) is 5.91 Å². The lowest BCUT2D eigenvalue weighted by Crippen LogP contribution is -2.26. The number of amides is 1. The van der Waals surface area contributed by atoms with Gasteiger partial charge in [0.05, 0.1) is 24.0 Å². The second-order valence-corrected chi connectivity index (χ2v) is 7.76. The third-order valence-corrected chi connectivity index (χ3v) is 5.39. The average molecular weight is 450 g/mol. The number of ether oxygens (including phenoxy) is 1. The normalized spacial score (nSPS) is 12.0. The Morgan fingerprint density at radius 2 is 2.03 bits per heavy atom. The van der Waals surface area contributed by atoms with E-state index in [-0.39, 0.29) is 18.3 Å². The number of H-pyrrole nitrogens is 1. The molecule has 6 nitrogen and oxygen atoms in total. The maximum absolute atomic E-state index is 13.9. The minimum Gasteiger partial charge on any atom is -0.493 e. The first-order valence-corrected chi connectivity index (χ1v) is 10.6. The molecule has 170 valence electrons. The van der Waals surface area contributed by atoms with E-state index in [9.17, 15) is 13.6 Å². The first kappa shape index (κ1) is 22.4. The molecule has 0 radical (unpaired) electrons. The van der Waals surface area contributed by atoms with Gasteiger partial charge in [-0.05, 0) is 49.7 Å². The number of fused-ring (bicyclic) bond motifs is 1. The Hall–Kier alpha value is -3.81. The molecule has 0 aliphatic heterocycles. The van der Waals surface area contributed by atoms with Crippen LogP contribution in [-0.4, -0.2) is 39.6 Å². The Bertz CT molecular complexity index is 1300. The molecule has 0 saturated carbocycles. The second-order valence-electron chi connectivity index (χ2n) is 7.76. The van der Waals surface area contributed by atoms with Crippen molar-refractivity contribution in [2.75, 3.05) is 13.7 Å². The summed E-state index contributed by atoms with van der Waals surface area (Å²) in [4.78, 5) is 18.9. The number of hydrogen-bond acceptors (Lipinski definition) is 4. The Balaban J connectivity index is 1.61. The van der Waals surface area contributed by atoms with Gasteiger partial charge in [0.1, 0.15) is 17.7 Å². The monoisotopic (exact) mass is 450 g/mol. The van der Waals surface area contributed by atoms with E-state index in [1.807, 2.05) is 6.92 Å². The molecule has 2 aromatic carbocycles. The summed E-state index contributed by atoms with van der Waals surface area (Å²) >= 11 is 0. The minimum atomic E-state index is -1.23. The summed E-state index contributed by atoms with van der Waals surface area (Å²) in [5, 5.41) is 7.49. The smallest absolute Gasteiger partial charge is 0.254 e. The van der Waals surface area contributed by atoms with Crippen LogP contribution in [0.1, 0.15) is 41.6 Å². The topological polar surface area (TPSA) is 71.1 Å². The van der Waals surface area contributed by atoms with Crippen molar-refractivity contribution in [3.05, 3.63) is 77.5 Å². The van der Waals surface area contributed by atoms with Crippen molar-refractivity contribution in [1.82, 2.24) is 20.1 Å². The molecule has 1 amide bonds. The van der Waals surface area contributed by atoms with Crippen LogP contribution in [0.15, 0.2) is 54.9 Å². The van der Waals surface area contributed by atoms with Crippen LogP contribution in [0.2, 0.25) is 0 Å². The maximum atomic E-state index is 13.9. The van der Waals surface area contributed by atoms with Gasteiger partial charge in [-0.2, -0.15) is 5.10 Å². The zero-order valence-corrected chi connectivity index (χ0v) is 18.6. The van der Waals surface area contributed by atoms with E-state index in [0.717, 1.165) is 5.56 Å². The summed E-state index contributed by atoms with van der Waals surface area (Å²) < 4.78 is 33.3. The van der Waals surface area contributed by atoms with E-state index >= 15 is 0 Å². The third-order valence-electron chi connectivity index (χ3n) is 5.39. The predicted octanol–water partition coefficient (Wildman–Crippen LogP) is 5.47. The number of hydrogen-bond donors (Lipinski definition) is 1. The standard InChI is InChI=1S/C25H24F2N4O2/c1-4-33-22-11-17(8-9-20(22)16-6-5-7-19(27)10-16)25(32)31(3)14-18-12-28-23(15(2)26)21-13-29-30-24(18)21/h5-13,15H,4,14H2,1-3H3,(H,29,30). The van der Waals surface area contributed by atoms with Gasteiger partial charge in [0.2, 0.25) is 0 Å². The lowest BCUT2D eigenvalue weighted by Gasteiger charge is -2.19. The number of aromatic nitrogens is 3. The summed E-state index contributed by atoms with van der Waals surface area (Å²) in [5.41, 5.74) is 3.50.